The van der Waals surface area contributed by atoms with Gasteiger partial charge in [0.25, 0.3) is 0 Å². The van der Waals surface area contributed by atoms with Crippen LogP contribution in [0.3, 0.4) is 0 Å². The molecule has 208 valence electrons. The number of hydrogen-bond acceptors (Lipinski definition) is 8. The number of fused-ring (bicyclic) bond motifs is 2. The first-order chi connectivity index (χ1) is 19.5. The lowest BCUT2D eigenvalue weighted by Gasteiger charge is -2.34. The fraction of sp³-hybridized carbons (Fsp3) is 0.333. The Balaban J connectivity index is 1.06. The van der Waals surface area contributed by atoms with E-state index in [2.05, 4.69) is 30.4 Å². The Morgan fingerprint density at radius 3 is 1.55 bits per heavy atom. The summed E-state index contributed by atoms with van der Waals surface area (Å²) in [5.74, 6) is 1.24. The molecule has 4 aromatic rings. The van der Waals surface area contributed by atoms with Crippen molar-refractivity contribution in [1.82, 2.24) is 19.8 Å². The molecule has 0 atom stereocenters. The minimum absolute atomic E-state index is 0.0566. The number of aromatic nitrogens is 2. The molecule has 40 heavy (non-hydrogen) atoms. The maximum Gasteiger partial charge on any atom is 0.225 e. The molecule has 2 aromatic carbocycles. The number of carbonyl (C=O) groups excluding carboxylic acids is 2. The van der Waals surface area contributed by atoms with Gasteiger partial charge in [-0.25, -0.2) is 0 Å². The molecular weight excluding hydrogens is 508 g/mol. The van der Waals surface area contributed by atoms with E-state index in [1.165, 1.54) is 0 Å². The molecule has 0 radical (unpaired) electrons. The Morgan fingerprint density at radius 2 is 1.15 bits per heavy atom. The van der Waals surface area contributed by atoms with E-state index in [9.17, 15) is 9.59 Å². The highest BCUT2D eigenvalue weighted by atomic mass is 16.5. The third-order valence-corrected chi connectivity index (χ3v) is 7.15. The topological polar surface area (TPSA) is 109 Å². The van der Waals surface area contributed by atoms with Gasteiger partial charge in [-0.15, -0.1) is 0 Å². The quantitative estimate of drug-likeness (QED) is 0.312. The standard InChI is InChI=1S/C30H34N6O4/c1-39-23-17-21-5-3-9-31-29(21)25(19-23)33-27(37)7-11-35-13-15-36(16-14-35)12-8-28(38)34-26-20-24(40-2)18-22-6-4-10-32-30(22)26/h3-6,9-10,17-20H,7-8,11-16H2,1-2H3,(H,33,37)(H,34,38). The van der Waals surface area contributed by atoms with Crippen LogP contribution in [0.1, 0.15) is 12.8 Å². The van der Waals surface area contributed by atoms with Crippen LogP contribution >= 0.6 is 0 Å². The second-order valence-electron chi connectivity index (χ2n) is 9.78. The van der Waals surface area contributed by atoms with Crippen LogP contribution in [0, 0.1) is 0 Å². The van der Waals surface area contributed by atoms with E-state index >= 15 is 0 Å². The molecule has 1 saturated heterocycles. The van der Waals surface area contributed by atoms with Crippen LogP contribution in [-0.4, -0.2) is 85.1 Å². The van der Waals surface area contributed by atoms with Gasteiger partial charge >= 0.3 is 0 Å². The Hall–Kier alpha value is -4.28. The van der Waals surface area contributed by atoms with Gasteiger partial charge in [0.05, 0.1) is 36.6 Å². The zero-order valence-corrected chi connectivity index (χ0v) is 22.9. The zero-order chi connectivity index (χ0) is 27.9. The monoisotopic (exact) mass is 542 g/mol. The third kappa shape index (κ3) is 6.64. The summed E-state index contributed by atoms with van der Waals surface area (Å²) < 4.78 is 10.8. The second kappa shape index (κ2) is 12.7. The van der Waals surface area contributed by atoms with Gasteiger partial charge in [-0.1, -0.05) is 12.1 Å². The van der Waals surface area contributed by atoms with Crippen LogP contribution in [0.5, 0.6) is 11.5 Å². The maximum atomic E-state index is 12.7. The van der Waals surface area contributed by atoms with Crippen molar-refractivity contribution in [3.8, 4) is 11.5 Å². The molecule has 2 N–H and O–H groups in total. The van der Waals surface area contributed by atoms with Crippen molar-refractivity contribution in [3.05, 3.63) is 60.9 Å². The minimum Gasteiger partial charge on any atom is -0.497 e. The number of benzene rings is 2. The van der Waals surface area contributed by atoms with Crippen LogP contribution in [0.15, 0.2) is 60.9 Å². The first-order valence-corrected chi connectivity index (χ1v) is 13.4. The Bertz CT molecular complexity index is 1390. The molecule has 1 aliphatic heterocycles. The minimum atomic E-state index is -0.0566. The van der Waals surface area contributed by atoms with Crippen molar-refractivity contribution in [2.45, 2.75) is 12.8 Å². The van der Waals surface area contributed by atoms with Crippen molar-refractivity contribution in [2.24, 2.45) is 0 Å². The molecule has 10 heteroatoms. The van der Waals surface area contributed by atoms with Crippen molar-refractivity contribution in [1.29, 1.82) is 0 Å². The van der Waals surface area contributed by atoms with Crippen LogP contribution < -0.4 is 20.1 Å². The number of amides is 2. The van der Waals surface area contributed by atoms with E-state index in [0.717, 1.165) is 48.0 Å². The van der Waals surface area contributed by atoms with E-state index in [0.29, 0.717) is 48.8 Å². The predicted octanol–water partition coefficient (Wildman–Crippen LogP) is 3.78. The van der Waals surface area contributed by atoms with E-state index in [1.54, 1.807) is 38.7 Å². The van der Waals surface area contributed by atoms with E-state index in [1.807, 2.05) is 36.4 Å². The van der Waals surface area contributed by atoms with E-state index in [-0.39, 0.29) is 11.8 Å². The molecule has 0 unspecified atom stereocenters. The summed E-state index contributed by atoms with van der Waals surface area (Å²) in [4.78, 5) is 38.9. The van der Waals surface area contributed by atoms with E-state index in [4.69, 9.17) is 9.47 Å². The molecule has 2 aromatic heterocycles. The summed E-state index contributed by atoms with van der Waals surface area (Å²) in [6, 6.07) is 15.0. The smallest absolute Gasteiger partial charge is 0.225 e. The Labute approximate surface area is 233 Å². The molecule has 1 aliphatic rings. The second-order valence-corrected chi connectivity index (χ2v) is 9.78. The van der Waals surface area contributed by atoms with Crippen molar-refractivity contribution in [2.75, 3.05) is 64.1 Å². The highest BCUT2D eigenvalue weighted by Gasteiger charge is 2.19. The number of ether oxygens (including phenoxy) is 2. The van der Waals surface area contributed by atoms with Crippen LogP contribution in [-0.2, 0) is 9.59 Å². The zero-order valence-electron chi connectivity index (χ0n) is 22.9. The first kappa shape index (κ1) is 27.3. The summed E-state index contributed by atoms with van der Waals surface area (Å²) in [7, 11) is 3.21. The molecule has 0 bridgehead atoms. The van der Waals surface area contributed by atoms with Gasteiger partial charge in [-0.3, -0.25) is 19.6 Å². The first-order valence-electron chi connectivity index (χ1n) is 13.4. The molecule has 2 amide bonds. The molecule has 5 rings (SSSR count). The fourth-order valence-electron chi connectivity index (χ4n) is 4.94. The van der Waals surface area contributed by atoms with Gasteiger partial charge in [0, 0.05) is 87.4 Å². The molecule has 0 aliphatic carbocycles. The largest absolute Gasteiger partial charge is 0.497 e. The molecule has 10 nitrogen and oxygen atoms in total. The highest BCUT2D eigenvalue weighted by molar-refractivity contribution is 6.02. The van der Waals surface area contributed by atoms with Gasteiger partial charge in [-0.2, -0.15) is 0 Å². The summed E-state index contributed by atoms with van der Waals surface area (Å²) in [6.45, 7) is 4.74. The van der Waals surface area contributed by atoms with Gasteiger partial charge in [-0.05, 0) is 24.3 Å². The summed E-state index contributed by atoms with van der Waals surface area (Å²) in [5, 5.41) is 7.83. The Kier molecular flexibility index (Phi) is 8.68. The third-order valence-electron chi connectivity index (χ3n) is 7.15. The number of piperazine rings is 1. The lowest BCUT2D eigenvalue weighted by Crippen LogP contribution is -2.47. The number of anilines is 2. The van der Waals surface area contributed by atoms with Crippen LogP contribution in [0.4, 0.5) is 11.4 Å². The molecule has 0 saturated carbocycles. The van der Waals surface area contributed by atoms with Crippen molar-refractivity contribution < 1.29 is 19.1 Å². The Morgan fingerprint density at radius 1 is 0.725 bits per heavy atom. The maximum absolute atomic E-state index is 12.7. The highest BCUT2D eigenvalue weighted by Crippen LogP contribution is 2.29. The van der Waals surface area contributed by atoms with Crippen LogP contribution in [0.2, 0.25) is 0 Å². The SMILES string of the molecule is COc1cc(NC(=O)CCN2CCN(CCC(=O)Nc3cc(OC)cc4cccnc34)CC2)c2ncccc2c1. The van der Waals surface area contributed by atoms with Gasteiger partial charge in [0.1, 0.15) is 11.5 Å². The number of hydrogen-bond donors (Lipinski definition) is 2. The van der Waals surface area contributed by atoms with Crippen molar-refractivity contribution in [3.63, 3.8) is 0 Å². The predicted molar refractivity (Wildman–Crippen MR) is 156 cm³/mol. The molecule has 3 heterocycles. The van der Waals surface area contributed by atoms with Crippen molar-refractivity contribution >= 4 is 45.0 Å². The van der Waals surface area contributed by atoms with E-state index < -0.39 is 0 Å². The number of methoxy groups -OCH3 is 2. The average molecular weight is 543 g/mol. The number of rotatable bonds is 10. The number of carbonyl (C=O) groups is 2. The number of nitrogens with zero attached hydrogens (tertiary/aromatic N) is 4. The number of pyridine rings is 2. The summed E-state index contributed by atoms with van der Waals surface area (Å²) >= 11 is 0. The van der Waals surface area contributed by atoms with Gasteiger partial charge < -0.3 is 29.9 Å². The normalized spacial score (nSPS) is 14.2. The van der Waals surface area contributed by atoms with Gasteiger partial charge in [0.15, 0.2) is 0 Å². The molecule has 1 fully saturated rings. The lowest BCUT2D eigenvalue weighted by molar-refractivity contribution is -0.117. The summed E-state index contributed by atoms with van der Waals surface area (Å²) in [5.41, 5.74) is 2.79. The summed E-state index contributed by atoms with van der Waals surface area (Å²) in [6.07, 6.45) is 4.20. The lowest BCUT2D eigenvalue weighted by atomic mass is 10.1. The number of nitrogens with one attached hydrogen (secondary N) is 2. The molecular formula is C30H34N6O4. The fourth-order valence-corrected chi connectivity index (χ4v) is 4.94. The van der Waals surface area contributed by atoms with Gasteiger partial charge in [0.2, 0.25) is 11.8 Å². The average Bonchev–Trinajstić information content (AvgIpc) is 2.99. The van der Waals surface area contributed by atoms with Crippen LogP contribution in [0.25, 0.3) is 21.8 Å². The molecule has 0 spiro atoms.